The number of benzene rings is 1. The number of aryl methyl sites for hydroxylation is 1. The molecule has 0 saturated heterocycles. The summed E-state index contributed by atoms with van der Waals surface area (Å²) >= 11 is 0. The van der Waals surface area contributed by atoms with E-state index in [2.05, 4.69) is 15.6 Å². The molecule has 0 aliphatic carbocycles. The van der Waals surface area contributed by atoms with Crippen molar-refractivity contribution in [3.8, 4) is 17.2 Å². The first-order valence-corrected chi connectivity index (χ1v) is 9.62. The number of nitrogens with one attached hydrogen (secondary N) is 2. The van der Waals surface area contributed by atoms with Gasteiger partial charge in [-0.3, -0.25) is 15.1 Å². The summed E-state index contributed by atoms with van der Waals surface area (Å²) in [6.45, 7) is 5.23. The largest absolute Gasteiger partial charge is 0.407 e. The third-order valence-corrected chi connectivity index (χ3v) is 4.55. The highest BCUT2D eigenvalue weighted by atomic mass is 19.4. The van der Waals surface area contributed by atoms with Crippen molar-refractivity contribution in [3.63, 3.8) is 0 Å². The minimum atomic E-state index is -4.60. The molecule has 2 aromatic rings. The molecule has 160 valence electrons. The summed E-state index contributed by atoms with van der Waals surface area (Å²) in [5, 5.41) is 13.4. The Morgan fingerprint density at radius 1 is 1.13 bits per heavy atom. The van der Waals surface area contributed by atoms with E-state index in [1.807, 2.05) is 32.9 Å². The molecule has 1 amide bonds. The van der Waals surface area contributed by atoms with Crippen LogP contribution in [0.1, 0.15) is 37.6 Å². The van der Waals surface area contributed by atoms with E-state index in [4.69, 9.17) is 5.26 Å². The number of pyridine rings is 1. The molecule has 0 aliphatic rings. The van der Waals surface area contributed by atoms with E-state index in [-0.39, 0.29) is 24.4 Å². The highest BCUT2D eigenvalue weighted by Gasteiger charge is 2.42. The molecule has 0 aliphatic heterocycles. The fourth-order valence-corrected chi connectivity index (χ4v) is 3.06. The number of carbonyl (C=O) groups is 1. The summed E-state index contributed by atoms with van der Waals surface area (Å²) < 4.78 is 41.5. The van der Waals surface area contributed by atoms with Crippen molar-refractivity contribution < 1.29 is 18.0 Å². The number of halogens is 3. The van der Waals surface area contributed by atoms with Crippen LogP contribution in [0.4, 0.5) is 13.2 Å². The molecule has 0 fully saturated rings. The Labute approximate surface area is 174 Å². The van der Waals surface area contributed by atoms with Crippen LogP contribution in [0, 0.1) is 24.2 Å². The quantitative estimate of drug-likeness (QED) is 0.627. The number of nitriles is 1. The van der Waals surface area contributed by atoms with Gasteiger partial charge in [0.1, 0.15) is 12.6 Å². The molecule has 2 rings (SSSR count). The molecule has 0 bridgehead atoms. The van der Waals surface area contributed by atoms with Gasteiger partial charge in [-0.05, 0) is 36.5 Å². The Morgan fingerprint density at radius 3 is 2.27 bits per heavy atom. The number of rotatable bonds is 8. The third kappa shape index (κ3) is 6.56. The van der Waals surface area contributed by atoms with E-state index in [1.54, 1.807) is 24.4 Å². The molecule has 0 spiro atoms. The highest BCUT2D eigenvalue weighted by Crippen LogP contribution is 2.34. The topological polar surface area (TPSA) is 77.8 Å². The number of hydrogen-bond donors (Lipinski definition) is 2. The molecular formula is C22H25F3N4O. The van der Waals surface area contributed by atoms with Crippen LogP contribution in [0.25, 0.3) is 11.1 Å². The van der Waals surface area contributed by atoms with E-state index >= 15 is 0 Å². The van der Waals surface area contributed by atoms with Gasteiger partial charge in [0.15, 0.2) is 0 Å². The van der Waals surface area contributed by atoms with Crippen LogP contribution >= 0.6 is 0 Å². The normalized spacial score (nSPS) is 13.5. The van der Waals surface area contributed by atoms with Gasteiger partial charge in [-0.25, -0.2) is 0 Å². The minimum Gasteiger partial charge on any atom is -0.342 e. The van der Waals surface area contributed by atoms with Crippen molar-refractivity contribution in [1.82, 2.24) is 15.6 Å². The zero-order valence-electron chi connectivity index (χ0n) is 17.1. The Balaban J connectivity index is 2.28. The van der Waals surface area contributed by atoms with Gasteiger partial charge in [0.05, 0.1) is 12.1 Å². The van der Waals surface area contributed by atoms with Gasteiger partial charge in [0.25, 0.3) is 0 Å². The standard InChI is InChI=1S/C22H25F3N4O/c1-14(2)12-19(21(30)27-11-10-26)29-20(22(23,24)25)17-8-6-16(7-9-17)18-5-4-15(3)28-13-18/h4-9,13-14,19-20,29H,11-12H2,1-3H3,(H,27,30)/t19?,20-/m0/s1. The number of nitrogens with zero attached hydrogens (tertiary/aromatic N) is 2. The summed E-state index contributed by atoms with van der Waals surface area (Å²) in [4.78, 5) is 16.5. The van der Waals surface area contributed by atoms with Crippen molar-refractivity contribution in [3.05, 3.63) is 53.9 Å². The summed E-state index contributed by atoms with van der Waals surface area (Å²) in [5.74, 6) is -0.637. The van der Waals surface area contributed by atoms with Gasteiger partial charge in [0.2, 0.25) is 5.91 Å². The fraction of sp³-hybridized carbons (Fsp3) is 0.409. The van der Waals surface area contributed by atoms with Gasteiger partial charge in [-0.15, -0.1) is 0 Å². The van der Waals surface area contributed by atoms with Crippen molar-refractivity contribution in [2.45, 2.75) is 45.5 Å². The van der Waals surface area contributed by atoms with Crippen molar-refractivity contribution in [1.29, 1.82) is 5.26 Å². The number of hydrogen-bond acceptors (Lipinski definition) is 4. The maximum absolute atomic E-state index is 13.8. The van der Waals surface area contributed by atoms with E-state index in [0.717, 1.165) is 16.8 Å². The van der Waals surface area contributed by atoms with Crippen molar-refractivity contribution in [2.75, 3.05) is 6.54 Å². The Bertz CT molecular complexity index is 871. The molecule has 1 heterocycles. The molecule has 1 aromatic carbocycles. The van der Waals surface area contributed by atoms with E-state index < -0.39 is 24.2 Å². The van der Waals surface area contributed by atoms with Crippen LogP contribution < -0.4 is 10.6 Å². The van der Waals surface area contributed by atoms with Crippen LogP contribution in [0.15, 0.2) is 42.6 Å². The monoisotopic (exact) mass is 418 g/mol. The number of amides is 1. The minimum absolute atomic E-state index is 0.00756. The van der Waals surface area contributed by atoms with Crippen LogP contribution in [-0.2, 0) is 4.79 Å². The maximum atomic E-state index is 13.8. The molecule has 5 nitrogen and oxygen atoms in total. The fourth-order valence-electron chi connectivity index (χ4n) is 3.06. The average molecular weight is 418 g/mol. The second-order valence-electron chi connectivity index (χ2n) is 7.51. The van der Waals surface area contributed by atoms with Gasteiger partial charge < -0.3 is 5.32 Å². The molecule has 2 N–H and O–H groups in total. The van der Waals surface area contributed by atoms with E-state index in [1.165, 1.54) is 12.1 Å². The first-order valence-electron chi connectivity index (χ1n) is 9.62. The second-order valence-corrected chi connectivity index (χ2v) is 7.51. The number of alkyl halides is 3. The first kappa shape index (κ1) is 23.4. The first-order chi connectivity index (χ1) is 14.1. The zero-order chi connectivity index (χ0) is 22.3. The Kier molecular flexibility index (Phi) is 7.95. The predicted octanol–water partition coefficient (Wildman–Crippen LogP) is 4.30. The summed E-state index contributed by atoms with van der Waals surface area (Å²) in [7, 11) is 0. The molecule has 30 heavy (non-hydrogen) atoms. The lowest BCUT2D eigenvalue weighted by molar-refractivity contribution is -0.161. The molecule has 2 atom stereocenters. The van der Waals surface area contributed by atoms with E-state index in [0.29, 0.717) is 0 Å². The molecular weight excluding hydrogens is 393 g/mol. The number of aromatic nitrogens is 1. The molecule has 1 unspecified atom stereocenters. The second kappa shape index (κ2) is 10.2. The smallest absolute Gasteiger partial charge is 0.342 e. The summed E-state index contributed by atoms with van der Waals surface area (Å²) in [5.41, 5.74) is 2.41. The lowest BCUT2D eigenvalue weighted by Crippen LogP contribution is -2.49. The lowest BCUT2D eigenvalue weighted by atomic mass is 9.98. The highest BCUT2D eigenvalue weighted by molar-refractivity contribution is 5.82. The zero-order valence-corrected chi connectivity index (χ0v) is 17.1. The maximum Gasteiger partial charge on any atom is 0.407 e. The van der Waals surface area contributed by atoms with Gasteiger partial charge in [0, 0.05) is 17.5 Å². The Morgan fingerprint density at radius 2 is 1.77 bits per heavy atom. The average Bonchev–Trinajstić information content (AvgIpc) is 2.69. The summed E-state index contributed by atoms with van der Waals surface area (Å²) in [6, 6.07) is 8.38. The van der Waals surface area contributed by atoms with Crippen LogP contribution in [0.3, 0.4) is 0 Å². The predicted molar refractivity (Wildman–Crippen MR) is 108 cm³/mol. The van der Waals surface area contributed by atoms with Gasteiger partial charge in [-0.2, -0.15) is 18.4 Å². The third-order valence-electron chi connectivity index (χ3n) is 4.55. The van der Waals surface area contributed by atoms with Crippen LogP contribution in [0.2, 0.25) is 0 Å². The molecule has 1 aromatic heterocycles. The van der Waals surface area contributed by atoms with Crippen molar-refractivity contribution >= 4 is 5.91 Å². The van der Waals surface area contributed by atoms with Crippen LogP contribution in [0.5, 0.6) is 0 Å². The lowest BCUT2D eigenvalue weighted by Gasteiger charge is -2.28. The number of carbonyl (C=O) groups excluding carboxylic acids is 1. The molecule has 0 radical (unpaired) electrons. The SMILES string of the molecule is Cc1ccc(-c2ccc([C@H](NC(CC(C)C)C(=O)NCC#N)C(F)(F)F)cc2)cn1. The van der Waals surface area contributed by atoms with Gasteiger partial charge >= 0.3 is 6.18 Å². The van der Waals surface area contributed by atoms with Gasteiger partial charge in [-0.1, -0.05) is 44.2 Å². The van der Waals surface area contributed by atoms with Crippen molar-refractivity contribution in [2.24, 2.45) is 5.92 Å². The van der Waals surface area contributed by atoms with E-state index in [9.17, 15) is 18.0 Å². The Hall–Kier alpha value is -2.92. The molecule has 0 saturated carbocycles. The molecule has 8 heteroatoms. The van der Waals surface area contributed by atoms with Crippen LogP contribution in [-0.4, -0.2) is 29.7 Å². The summed E-state index contributed by atoms with van der Waals surface area (Å²) in [6.07, 6.45) is -2.73.